The van der Waals surface area contributed by atoms with Crippen LogP contribution >= 0.6 is 0 Å². The molecule has 0 radical (unpaired) electrons. The maximum absolute atomic E-state index is 5.36. The van der Waals surface area contributed by atoms with Gasteiger partial charge in [-0.05, 0) is 43.4 Å². The van der Waals surface area contributed by atoms with Gasteiger partial charge in [0.05, 0.1) is 0 Å². The number of benzene rings is 1. The molecule has 0 saturated carbocycles. The van der Waals surface area contributed by atoms with Crippen molar-refractivity contribution in [2.75, 3.05) is 13.9 Å². The summed E-state index contributed by atoms with van der Waals surface area (Å²) in [5.74, 6) is 0.863. The standard InChI is InChI=1S/C18H28O2/c1-3-4-5-6-7-8-9-10-11-17-12-14-18(15-13-17)20-16-19-2/h8-9,12-15H,3-7,10-11,16H2,1-2H3/b9-8+. The Labute approximate surface area is 123 Å². The Morgan fingerprint density at radius 2 is 1.70 bits per heavy atom. The van der Waals surface area contributed by atoms with Gasteiger partial charge in [0, 0.05) is 7.11 Å². The molecule has 20 heavy (non-hydrogen) atoms. The van der Waals surface area contributed by atoms with Crippen LogP contribution in [0.1, 0.15) is 51.0 Å². The zero-order chi connectivity index (χ0) is 14.5. The molecule has 0 N–H and O–H groups in total. The first kappa shape index (κ1) is 16.8. The summed E-state index contributed by atoms with van der Waals surface area (Å²) >= 11 is 0. The predicted molar refractivity (Wildman–Crippen MR) is 85.2 cm³/mol. The molecule has 0 heterocycles. The Balaban J connectivity index is 2.13. The van der Waals surface area contributed by atoms with Crippen molar-refractivity contribution in [3.8, 4) is 5.75 Å². The van der Waals surface area contributed by atoms with Crippen molar-refractivity contribution in [3.63, 3.8) is 0 Å². The molecule has 0 saturated heterocycles. The second kappa shape index (κ2) is 11.5. The lowest BCUT2D eigenvalue weighted by molar-refractivity contribution is 0.0511. The van der Waals surface area contributed by atoms with E-state index in [0.717, 1.165) is 18.6 Å². The third-order valence-corrected chi connectivity index (χ3v) is 3.26. The highest BCUT2D eigenvalue weighted by Crippen LogP contribution is 2.13. The summed E-state index contributed by atoms with van der Waals surface area (Å²) in [4.78, 5) is 0. The van der Waals surface area contributed by atoms with Crippen LogP contribution in [0.25, 0.3) is 0 Å². The van der Waals surface area contributed by atoms with Gasteiger partial charge in [0.2, 0.25) is 0 Å². The molecular weight excluding hydrogens is 248 g/mol. The van der Waals surface area contributed by atoms with Crippen molar-refractivity contribution in [1.29, 1.82) is 0 Å². The molecule has 0 aliphatic rings. The smallest absolute Gasteiger partial charge is 0.188 e. The van der Waals surface area contributed by atoms with Crippen LogP contribution in [0.4, 0.5) is 0 Å². The van der Waals surface area contributed by atoms with E-state index in [1.807, 2.05) is 12.1 Å². The maximum Gasteiger partial charge on any atom is 0.188 e. The highest BCUT2D eigenvalue weighted by atomic mass is 16.7. The first-order valence-corrected chi connectivity index (χ1v) is 7.72. The maximum atomic E-state index is 5.36. The summed E-state index contributed by atoms with van der Waals surface area (Å²) in [6, 6.07) is 8.26. The lowest BCUT2D eigenvalue weighted by Crippen LogP contribution is -1.98. The Kier molecular flexibility index (Phi) is 9.68. The van der Waals surface area contributed by atoms with Crippen molar-refractivity contribution in [2.24, 2.45) is 0 Å². The molecule has 0 fully saturated rings. The van der Waals surface area contributed by atoms with E-state index in [1.165, 1.54) is 37.7 Å². The molecule has 0 aromatic heterocycles. The van der Waals surface area contributed by atoms with Gasteiger partial charge in [-0.1, -0.05) is 50.5 Å². The minimum atomic E-state index is 0.306. The number of rotatable bonds is 11. The molecular formula is C18H28O2. The Morgan fingerprint density at radius 3 is 2.40 bits per heavy atom. The van der Waals surface area contributed by atoms with Crippen LogP contribution in [0, 0.1) is 0 Å². The molecule has 0 aliphatic heterocycles. The van der Waals surface area contributed by atoms with Crippen LogP contribution in [0.3, 0.4) is 0 Å². The van der Waals surface area contributed by atoms with Crippen molar-refractivity contribution in [3.05, 3.63) is 42.0 Å². The van der Waals surface area contributed by atoms with Gasteiger partial charge in [0.15, 0.2) is 6.79 Å². The van der Waals surface area contributed by atoms with E-state index < -0.39 is 0 Å². The van der Waals surface area contributed by atoms with Gasteiger partial charge in [0.1, 0.15) is 5.75 Å². The number of unbranched alkanes of at least 4 members (excludes halogenated alkanes) is 4. The summed E-state index contributed by atoms with van der Waals surface area (Å²) in [6.07, 6.45) is 13.4. The molecule has 112 valence electrons. The first-order valence-electron chi connectivity index (χ1n) is 7.72. The number of hydrogen-bond donors (Lipinski definition) is 0. The minimum Gasteiger partial charge on any atom is -0.468 e. The fourth-order valence-corrected chi connectivity index (χ4v) is 2.05. The summed E-state index contributed by atoms with van der Waals surface area (Å²) < 4.78 is 10.2. The molecule has 0 bridgehead atoms. The summed E-state index contributed by atoms with van der Waals surface area (Å²) in [5.41, 5.74) is 1.35. The second-order valence-electron chi connectivity index (χ2n) is 5.05. The third kappa shape index (κ3) is 8.00. The SMILES string of the molecule is CCCCCC/C=C/CCc1ccc(OCOC)cc1. The minimum absolute atomic E-state index is 0.306. The zero-order valence-corrected chi connectivity index (χ0v) is 12.9. The lowest BCUT2D eigenvalue weighted by Gasteiger charge is -2.05. The fourth-order valence-electron chi connectivity index (χ4n) is 2.05. The predicted octanol–water partition coefficient (Wildman–Crippen LogP) is 5.13. The van der Waals surface area contributed by atoms with Gasteiger partial charge in [0.25, 0.3) is 0 Å². The Bertz CT molecular complexity index is 354. The Morgan fingerprint density at radius 1 is 0.950 bits per heavy atom. The van der Waals surface area contributed by atoms with E-state index in [-0.39, 0.29) is 0 Å². The lowest BCUT2D eigenvalue weighted by atomic mass is 10.1. The van der Waals surface area contributed by atoms with E-state index in [4.69, 9.17) is 9.47 Å². The van der Waals surface area contributed by atoms with Crippen LogP contribution in [0.2, 0.25) is 0 Å². The van der Waals surface area contributed by atoms with Gasteiger partial charge in [-0.3, -0.25) is 0 Å². The Hall–Kier alpha value is -1.28. The molecule has 0 unspecified atom stereocenters. The van der Waals surface area contributed by atoms with Crippen molar-refractivity contribution in [2.45, 2.75) is 51.9 Å². The van der Waals surface area contributed by atoms with Crippen LogP contribution < -0.4 is 4.74 Å². The fraction of sp³-hybridized carbons (Fsp3) is 0.556. The second-order valence-corrected chi connectivity index (χ2v) is 5.05. The van der Waals surface area contributed by atoms with Crippen molar-refractivity contribution < 1.29 is 9.47 Å². The number of methoxy groups -OCH3 is 1. The molecule has 0 atom stereocenters. The number of allylic oxidation sites excluding steroid dienone is 2. The van der Waals surface area contributed by atoms with Gasteiger partial charge in [-0.15, -0.1) is 0 Å². The van der Waals surface area contributed by atoms with E-state index in [9.17, 15) is 0 Å². The molecule has 2 heteroatoms. The average Bonchev–Trinajstić information content (AvgIpc) is 2.49. The molecule has 2 nitrogen and oxygen atoms in total. The van der Waals surface area contributed by atoms with Crippen LogP contribution in [-0.2, 0) is 11.2 Å². The monoisotopic (exact) mass is 276 g/mol. The van der Waals surface area contributed by atoms with E-state index in [0.29, 0.717) is 6.79 Å². The average molecular weight is 276 g/mol. The van der Waals surface area contributed by atoms with Crippen LogP contribution in [0.15, 0.2) is 36.4 Å². The van der Waals surface area contributed by atoms with Gasteiger partial charge >= 0.3 is 0 Å². The van der Waals surface area contributed by atoms with E-state index in [1.54, 1.807) is 7.11 Å². The highest BCUT2D eigenvalue weighted by Gasteiger charge is 1.94. The van der Waals surface area contributed by atoms with E-state index in [2.05, 4.69) is 31.2 Å². The van der Waals surface area contributed by atoms with Crippen LogP contribution in [-0.4, -0.2) is 13.9 Å². The van der Waals surface area contributed by atoms with Gasteiger partial charge in [-0.2, -0.15) is 0 Å². The molecule has 0 amide bonds. The van der Waals surface area contributed by atoms with Crippen molar-refractivity contribution >= 4 is 0 Å². The van der Waals surface area contributed by atoms with Gasteiger partial charge in [-0.25, -0.2) is 0 Å². The largest absolute Gasteiger partial charge is 0.468 e. The molecule has 1 aromatic rings. The molecule has 0 spiro atoms. The van der Waals surface area contributed by atoms with Crippen molar-refractivity contribution in [1.82, 2.24) is 0 Å². The first-order chi connectivity index (χ1) is 9.86. The number of ether oxygens (including phenoxy) is 2. The quantitative estimate of drug-likeness (QED) is 0.317. The van der Waals surface area contributed by atoms with Crippen LogP contribution in [0.5, 0.6) is 5.75 Å². The number of aryl methyl sites for hydroxylation is 1. The molecule has 0 aliphatic carbocycles. The topological polar surface area (TPSA) is 18.5 Å². The summed E-state index contributed by atoms with van der Waals surface area (Å²) in [7, 11) is 1.63. The third-order valence-electron chi connectivity index (χ3n) is 3.26. The zero-order valence-electron chi connectivity index (χ0n) is 12.9. The summed E-state index contributed by atoms with van der Waals surface area (Å²) in [5, 5.41) is 0. The number of hydrogen-bond acceptors (Lipinski definition) is 2. The van der Waals surface area contributed by atoms with E-state index >= 15 is 0 Å². The highest BCUT2D eigenvalue weighted by molar-refractivity contribution is 5.27. The molecule has 1 aromatic carbocycles. The molecule has 1 rings (SSSR count). The summed E-state index contributed by atoms with van der Waals surface area (Å²) in [6.45, 7) is 2.56. The van der Waals surface area contributed by atoms with Gasteiger partial charge < -0.3 is 9.47 Å². The normalized spacial score (nSPS) is 11.1.